The van der Waals surface area contributed by atoms with E-state index >= 15 is 0 Å². The smallest absolute Gasteiger partial charge is 0.135 e. The first-order valence-corrected chi connectivity index (χ1v) is 26.3. The van der Waals surface area contributed by atoms with Crippen molar-refractivity contribution in [3.05, 3.63) is 198 Å². The van der Waals surface area contributed by atoms with Crippen LogP contribution in [0.2, 0.25) is 0 Å². The van der Waals surface area contributed by atoms with Crippen LogP contribution in [-0.2, 0) is 51.1 Å². The summed E-state index contributed by atoms with van der Waals surface area (Å²) in [6, 6.07) is 31.8. The first-order chi connectivity index (χ1) is 40.2. The van der Waals surface area contributed by atoms with E-state index in [-0.39, 0.29) is 77.6 Å². The Morgan fingerprint density at radius 1 is 0.693 bits per heavy atom. The Kier molecular flexibility index (Phi) is 12.2. The summed E-state index contributed by atoms with van der Waals surface area (Å²) in [6.45, 7) is 21.7. The molecule has 0 fully saturated rings. The van der Waals surface area contributed by atoms with Crippen LogP contribution in [0.15, 0.2) is 152 Å². The number of hydrogen-bond donors (Lipinski definition) is 0. The molecule has 6 heteroatoms. The zero-order chi connectivity index (χ0) is 61.4. The topological polar surface area (TPSA) is 33.5 Å². The molecule has 1 aliphatic rings. The van der Waals surface area contributed by atoms with Crippen LogP contribution in [0.5, 0.6) is 11.5 Å². The maximum atomic E-state index is 9.87. The fraction of sp³-hybridized carbons (Fsp3) is 0.304. The summed E-state index contributed by atoms with van der Waals surface area (Å²) in [6.07, 6.45) is 7.43. The van der Waals surface area contributed by atoms with Crippen LogP contribution < -0.4 is 14.5 Å². The second-order valence-corrected chi connectivity index (χ2v) is 21.8. The molecule has 10 rings (SSSR count). The Hall–Kier alpha value is -6.42. The number of pyridine rings is 1. The van der Waals surface area contributed by atoms with Gasteiger partial charge in [0.1, 0.15) is 5.82 Å². The second kappa shape index (κ2) is 22.4. The summed E-state index contributed by atoms with van der Waals surface area (Å²) < 4.78 is 111. The molecule has 0 N–H and O–H groups in total. The molecule has 0 radical (unpaired) electrons. The number of fused-ring (bicyclic) bond motifs is 4. The van der Waals surface area contributed by atoms with E-state index in [0.29, 0.717) is 28.6 Å². The van der Waals surface area contributed by atoms with Crippen molar-refractivity contribution in [2.24, 2.45) is 5.92 Å². The van der Waals surface area contributed by atoms with Gasteiger partial charge in [-0.15, -0.1) is 48.1 Å². The minimum absolute atomic E-state index is 0. The number of para-hydroxylation sites is 2. The molecule has 7 aromatic carbocycles. The molecule has 1 aliphatic heterocycles. The molecule has 0 atom stereocenters. The van der Waals surface area contributed by atoms with Crippen LogP contribution in [0.3, 0.4) is 0 Å². The average molecular weight is 1180 g/mol. The van der Waals surface area contributed by atoms with E-state index in [9.17, 15) is 9.60 Å². The molecule has 0 spiro atoms. The normalized spacial score (nSPS) is 15.0. The van der Waals surface area contributed by atoms with E-state index in [1.54, 1.807) is 31.5 Å². The number of ether oxygens (including phenoxy) is 1. The molecule has 5 nitrogen and oxygen atoms in total. The molecule has 0 bridgehead atoms. The first-order valence-electron chi connectivity index (χ1n) is 31.8. The van der Waals surface area contributed by atoms with Gasteiger partial charge < -0.3 is 19.1 Å². The van der Waals surface area contributed by atoms with Gasteiger partial charge in [0.05, 0.1) is 12.3 Å². The fourth-order valence-corrected chi connectivity index (χ4v) is 10.1. The van der Waals surface area contributed by atoms with Crippen molar-refractivity contribution in [2.75, 3.05) is 9.80 Å². The van der Waals surface area contributed by atoms with Gasteiger partial charge in [-0.05, 0) is 129 Å². The van der Waals surface area contributed by atoms with E-state index in [2.05, 4.69) is 81.7 Å². The minimum Gasteiger partial charge on any atom is -0.509 e. The third kappa shape index (κ3) is 11.1. The van der Waals surface area contributed by atoms with E-state index < -0.39 is 60.0 Å². The molecule has 0 aliphatic carbocycles. The zero-order valence-electron chi connectivity index (χ0n) is 55.9. The number of rotatable bonds is 16. The largest absolute Gasteiger partial charge is 0.509 e. The molecular weight excluding hydrogens is 1100 g/mol. The SMILES string of the molecule is [2H]c1c([2H])c([2H])c(-c2cc(C([2H])([2H])C(C)C)cc(-c3c([2H])c([2H])c([2H])c(C(C)(C)C)c3[2H])c2N2[CH-]N(c3[c-]c(Oc4[c-]c5c(cc4)c4c(CCC)c(CCCCCC)ccc4n5-c4cc(C(C)(C)C)ccn4)ccc3)c3ccccc32)c([2H])c1[2H].[Pt]. The number of unbranched alkanes of at least 4 members (excludes halogenated alkanes) is 3. The van der Waals surface area contributed by atoms with Crippen molar-refractivity contribution >= 4 is 44.6 Å². The van der Waals surface area contributed by atoms with Crippen LogP contribution >= 0.6 is 0 Å². The van der Waals surface area contributed by atoms with Crippen molar-refractivity contribution < 1.29 is 40.9 Å². The monoisotopic (exact) mass is 1180 g/mol. The van der Waals surface area contributed by atoms with Gasteiger partial charge in [0.2, 0.25) is 0 Å². The van der Waals surface area contributed by atoms with Gasteiger partial charge in [0.15, 0.2) is 0 Å². The average Bonchev–Trinajstić information content (AvgIpc) is 1.34. The molecule has 0 saturated heterocycles. The molecule has 0 saturated carbocycles. The molecule has 388 valence electrons. The number of benzene rings is 7. The van der Waals surface area contributed by atoms with Crippen molar-refractivity contribution in [3.8, 4) is 39.6 Å². The number of nitrogens with zero attached hydrogens (tertiary/aromatic N) is 4. The van der Waals surface area contributed by atoms with Crippen LogP contribution in [0.4, 0.5) is 22.7 Å². The molecular formula is C69H73N4OPt-3. The molecule has 3 heterocycles. The van der Waals surface area contributed by atoms with Gasteiger partial charge in [0.25, 0.3) is 0 Å². The second-order valence-electron chi connectivity index (χ2n) is 21.8. The summed E-state index contributed by atoms with van der Waals surface area (Å²) in [5.74, 6) is 0.976. The van der Waals surface area contributed by atoms with Gasteiger partial charge in [-0.3, -0.25) is 0 Å². The predicted molar refractivity (Wildman–Crippen MR) is 313 cm³/mol. The van der Waals surface area contributed by atoms with Crippen LogP contribution in [0, 0.1) is 24.7 Å². The van der Waals surface area contributed by atoms with Crippen LogP contribution in [0.25, 0.3) is 49.9 Å². The minimum atomic E-state index is -2.10. The Morgan fingerprint density at radius 3 is 2.13 bits per heavy atom. The van der Waals surface area contributed by atoms with Gasteiger partial charge in [-0.25, -0.2) is 4.98 Å². The molecule has 0 unspecified atom stereocenters. The summed E-state index contributed by atoms with van der Waals surface area (Å²) in [7, 11) is 0. The molecule has 9 aromatic rings. The van der Waals surface area contributed by atoms with Crippen LogP contribution in [0.1, 0.15) is 144 Å². The third-order valence-electron chi connectivity index (χ3n) is 13.7. The van der Waals surface area contributed by atoms with E-state index in [0.717, 1.165) is 53.5 Å². The molecule has 2 aromatic heterocycles. The van der Waals surface area contributed by atoms with Gasteiger partial charge >= 0.3 is 0 Å². The van der Waals surface area contributed by atoms with Crippen molar-refractivity contribution in [3.63, 3.8) is 0 Å². The van der Waals surface area contributed by atoms with E-state index in [4.69, 9.17) is 15.2 Å². The quantitative estimate of drug-likeness (QED) is 0.0713. The van der Waals surface area contributed by atoms with Crippen molar-refractivity contribution in [2.45, 2.75) is 131 Å². The number of anilines is 4. The summed E-state index contributed by atoms with van der Waals surface area (Å²) >= 11 is 0. The number of hydrogen-bond acceptors (Lipinski definition) is 4. The zero-order valence-corrected chi connectivity index (χ0v) is 47.1. The Morgan fingerprint density at radius 2 is 1.41 bits per heavy atom. The standard InChI is InChI=1S/C69H73N4O.Pt/c1-11-13-14-16-26-50-33-36-63-66(57(50)23-12-2)58-35-34-56(45-64(58)73(63)65-43-53(37-38-70-65)69(8,9)10)74-55-30-22-29-54(44-55)71-46-72(62-32-20-19-31-61(62)71)67-59(49-24-17-15-18-25-49)40-48(39-47(3)4)41-60(67)51-27-21-28-52(42-51)68(5,6)7;/h15,17-22,24-25,27-38,40-43,46-47H,11-14,16,23,26,39H2,1-10H3;/q-3;/i15D,17D,18D,21D,24D,25D,27D,28D,39D2,42D;. The molecule has 0 amide bonds. The van der Waals surface area contributed by atoms with Crippen molar-refractivity contribution in [1.29, 1.82) is 0 Å². The van der Waals surface area contributed by atoms with Gasteiger partial charge in [-0.1, -0.05) is 173 Å². The molecule has 75 heavy (non-hydrogen) atoms. The number of aromatic nitrogens is 2. The predicted octanol–water partition coefficient (Wildman–Crippen LogP) is 19.2. The summed E-state index contributed by atoms with van der Waals surface area (Å²) in [4.78, 5) is 8.62. The Balaban J connectivity index is 0.00000884. The summed E-state index contributed by atoms with van der Waals surface area (Å²) in [5, 5.41) is 2.25. The maximum absolute atomic E-state index is 9.87. The van der Waals surface area contributed by atoms with E-state index in [1.165, 1.54) is 41.8 Å². The van der Waals surface area contributed by atoms with Gasteiger partial charge in [-0.2, -0.15) is 12.1 Å². The van der Waals surface area contributed by atoms with Crippen molar-refractivity contribution in [1.82, 2.24) is 9.55 Å². The Bertz CT molecular complexity index is 4060. The number of aryl methyl sites for hydroxylation is 2. The van der Waals surface area contributed by atoms with Gasteiger partial charge in [0, 0.05) is 75.2 Å². The first kappa shape index (κ1) is 40.8. The van der Waals surface area contributed by atoms with Crippen LogP contribution in [-0.4, -0.2) is 9.55 Å². The third-order valence-corrected chi connectivity index (χ3v) is 13.7. The van der Waals surface area contributed by atoms with E-state index in [1.807, 2.05) is 80.4 Å². The Labute approximate surface area is 477 Å². The fourth-order valence-electron chi connectivity index (χ4n) is 10.1. The maximum Gasteiger partial charge on any atom is 0.135 e. The summed E-state index contributed by atoms with van der Waals surface area (Å²) in [5.41, 5.74) is 6.77.